The van der Waals surface area contributed by atoms with Crippen LogP contribution < -0.4 is 5.32 Å². The third-order valence-electron chi connectivity index (χ3n) is 2.74. The van der Waals surface area contributed by atoms with E-state index in [1.165, 1.54) is 22.7 Å². The molecular weight excluding hydrogens is 216 g/mol. The normalized spacial score (nSPS) is 12.9. The first-order chi connectivity index (χ1) is 7.76. The van der Waals surface area contributed by atoms with E-state index in [0.29, 0.717) is 0 Å². The summed E-state index contributed by atoms with van der Waals surface area (Å²) in [7, 11) is 0. The van der Waals surface area contributed by atoms with Gasteiger partial charge in [0.25, 0.3) is 0 Å². The van der Waals surface area contributed by atoms with Gasteiger partial charge >= 0.3 is 0 Å². The van der Waals surface area contributed by atoms with Crippen LogP contribution in [0.3, 0.4) is 0 Å². The van der Waals surface area contributed by atoms with Crippen molar-refractivity contribution in [2.24, 2.45) is 5.92 Å². The van der Waals surface area contributed by atoms with E-state index < -0.39 is 0 Å². The number of nitrogens with zero attached hydrogens (tertiary/aromatic N) is 1. The topological polar surface area (TPSA) is 24.9 Å². The Bertz CT molecular complexity index is 283. The van der Waals surface area contributed by atoms with Gasteiger partial charge in [-0.25, -0.2) is 4.98 Å². The molecule has 3 heteroatoms. The molecule has 0 radical (unpaired) electrons. The van der Waals surface area contributed by atoms with Crippen LogP contribution in [0, 0.1) is 5.92 Å². The highest BCUT2D eigenvalue weighted by Crippen LogP contribution is 2.13. The van der Waals surface area contributed by atoms with Crippen molar-refractivity contribution in [2.75, 3.05) is 13.1 Å². The molecule has 1 aromatic heterocycles. The smallest absolute Gasteiger partial charge is 0.0940 e. The summed E-state index contributed by atoms with van der Waals surface area (Å²) >= 11 is 1.85. The van der Waals surface area contributed by atoms with Gasteiger partial charge in [-0.2, -0.15) is 0 Å². The van der Waals surface area contributed by atoms with Crippen LogP contribution in [0.15, 0.2) is 6.20 Å². The summed E-state index contributed by atoms with van der Waals surface area (Å²) in [5.41, 5.74) is 0. The Morgan fingerprint density at radius 1 is 1.44 bits per heavy atom. The highest BCUT2D eigenvalue weighted by Gasteiger charge is 2.02. The second-order valence-electron chi connectivity index (χ2n) is 4.42. The minimum Gasteiger partial charge on any atom is -0.316 e. The summed E-state index contributed by atoms with van der Waals surface area (Å²) in [5.74, 6) is 0.799. The van der Waals surface area contributed by atoms with Gasteiger partial charge in [-0.3, -0.25) is 0 Å². The van der Waals surface area contributed by atoms with Crippen LogP contribution in [-0.4, -0.2) is 18.1 Å². The molecule has 0 spiro atoms. The molecule has 0 saturated heterocycles. The van der Waals surface area contributed by atoms with Crippen molar-refractivity contribution >= 4 is 11.3 Å². The van der Waals surface area contributed by atoms with Crippen LogP contribution in [0.1, 0.15) is 43.5 Å². The maximum atomic E-state index is 4.42. The monoisotopic (exact) mass is 240 g/mol. The third-order valence-corrected chi connectivity index (χ3v) is 3.94. The average Bonchev–Trinajstić information content (AvgIpc) is 2.73. The number of hydrogen-bond acceptors (Lipinski definition) is 3. The fourth-order valence-corrected chi connectivity index (χ4v) is 2.63. The zero-order chi connectivity index (χ0) is 11.8. The summed E-state index contributed by atoms with van der Waals surface area (Å²) in [5, 5.41) is 4.78. The van der Waals surface area contributed by atoms with E-state index in [4.69, 9.17) is 0 Å². The van der Waals surface area contributed by atoms with E-state index >= 15 is 0 Å². The Morgan fingerprint density at radius 3 is 2.88 bits per heavy atom. The Kier molecular flexibility index (Phi) is 6.65. The molecule has 0 fully saturated rings. The predicted molar refractivity (Wildman–Crippen MR) is 72.1 cm³/mol. The molecule has 2 nitrogen and oxygen atoms in total. The Hall–Kier alpha value is -0.410. The van der Waals surface area contributed by atoms with Crippen molar-refractivity contribution in [1.82, 2.24) is 10.3 Å². The number of nitrogens with one attached hydrogen (secondary N) is 1. The average molecular weight is 240 g/mol. The van der Waals surface area contributed by atoms with Crippen molar-refractivity contribution in [3.05, 3.63) is 16.1 Å². The van der Waals surface area contributed by atoms with Crippen LogP contribution in [-0.2, 0) is 12.8 Å². The van der Waals surface area contributed by atoms with E-state index in [1.807, 2.05) is 17.5 Å². The summed E-state index contributed by atoms with van der Waals surface area (Å²) in [4.78, 5) is 5.82. The molecule has 0 aliphatic rings. The molecule has 1 aromatic rings. The first kappa shape index (κ1) is 13.7. The molecule has 0 aliphatic carbocycles. The van der Waals surface area contributed by atoms with Crippen LogP contribution in [0.4, 0.5) is 0 Å². The van der Waals surface area contributed by atoms with E-state index in [0.717, 1.165) is 31.8 Å². The quantitative estimate of drug-likeness (QED) is 0.705. The molecule has 0 aliphatic heterocycles. The highest BCUT2D eigenvalue weighted by atomic mass is 32.1. The van der Waals surface area contributed by atoms with E-state index in [1.54, 1.807) is 0 Å². The van der Waals surface area contributed by atoms with Gasteiger partial charge in [0.2, 0.25) is 0 Å². The molecule has 16 heavy (non-hydrogen) atoms. The Balaban J connectivity index is 2.11. The molecule has 1 atom stereocenters. The molecular formula is C13H24N2S. The molecule has 1 heterocycles. The first-order valence-corrected chi connectivity index (χ1v) is 7.22. The minimum absolute atomic E-state index is 0.799. The molecule has 0 amide bonds. The van der Waals surface area contributed by atoms with Crippen LogP contribution in [0.5, 0.6) is 0 Å². The lowest BCUT2D eigenvalue weighted by atomic mass is 10.1. The zero-order valence-corrected chi connectivity index (χ0v) is 11.6. The molecule has 1 N–H and O–H groups in total. The van der Waals surface area contributed by atoms with Crippen molar-refractivity contribution in [1.29, 1.82) is 0 Å². The predicted octanol–water partition coefficient (Wildman–Crippen LogP) is 3.27. The van der Waals surface area contributed by atoms with Gasteiger partial charge in [-0.05, 0) is 25.3 Å². The van der Waals surface area contributed by atoms with Gasteiger partial charge in [0.1, 0.15) is 0 Å². The van der Waals surface area contributed by atoms with Crippen LogP contribution in [0.25, 0.3) is 0 Å². The summed E-state index contributed by atoms with van der Waals surface area (Å²) in [6.07, 6.45) is 6.81. The van der Waals surface area contributed by atoms with Gasteiger partial charge in [0.15, 0.2) is 0 Å². The number of aromatic nitrogens is 1. The fourth-order valence-electron chi connectivity index (χ4n) is 1.77. The Morgan fingerprint density at radius 2 is 2.25 bits per heavy atom. The van der Waals surface area contributed by atoms with Gasteiger partial charge in [0.05, 0.1) is 5.01 Å². The summed E-state index contributed by atoms with van der Waals surface area (Å²) < 4.78 is 0. The maximum Gasteiger partial charge on any atom is 0.0940 e. The number of aryl methyl sites for hydroxylation is 1. The lowest BCUT2D eigenvalue weighted by Gasteiger charge is -2.10. The highest BCUT2D eigenvalue weighted by molar-refractivity contribution is 7.11. The third kappa shape index (κ3) is 5.08. The van der Waals surface area contributed by atoms with Crippen molar-refractivity contribution in [3.8, 4) is 0 Å². The molecule has 0 aromatic carbocycles. The zero-order valence-electron chi connectivity index (χ0n) is 10.8. The fraction of sp³-hybridized carbons (Fsp3) is 0.769. The van der Waals surface area contributed by atoms with Gasteiger partial charge in [0, 0.05) is 24.0 Å². The lowest BCUT2D eigenvalue weighted by molar-refractivity contribution is 0.478. The molecule has 1 unspecified atom stereocenters. The van der Waals surface area contributed by atoms with Gasteiger partial charge in [-0.1, -0.05) is 27.2 Å². The summed E-state index contributed by atoms with van der Waals surface area (Å²) in [6, 6.07) is 0. The van der Waals surface area contributed by atoms with E-state index in [-0.39, 0.29) is 0 Å². The van der Waals surface area contributed by atoms with Gasteiger partial charge < -0.3 is 5.32 Å². The molecule has 1 rings (SSSR count). The largest absolute Gasteiger partial charge is 0.316 e. The molecule has 0 saturated carbocycles. The molecule has 92 valence electrons. The second-order valence-corrected chi connectivity index (χ2v) is 5.62. The van der Waals surface area contributed by atoms with Crippen LogP contribution >= 0.6 is 11.3 Å². The van der Waals surface area contributed by atoms with Gasteiger partial charge in [-0.15, -0.1) is 11.3 Å². The number of thiazole rings is 1. The SMILES string of the molecule is CCCC(C)CNCCc1ncc(CC)s1. The van der Waals surface area contributed by atoms with Crippen molar-refractivity contribution in [2.45, 2.75) is 46.5 Å². The minimum atomic E-state index is 0.799. The van der Waals surface area contributed by atoms with Crippen LogP contribution in [0.2, 0.25) is 0 Å². The summed E-state index contributed by atoms with van der Waals surface area (Å²) in [6.45, 7) is 8.94. The van der Waals surface area contributed by atoms with E-state index in [2.05, 4.69) is 31.1 Å². The second kappa shape index (κ2) is 7.80. The van der Waals surface area contributed by atoms with Crippen molar-refractivity contribution in [3.63, 3.8) is 0 Å². The lowest BCUT2D eigenvalue weighted by Crippen LogP contribution is -2.23. The first-order valence-electron chi connectivity index (χ1n) is 6.40. The maximum absolute atomic E-state index is 4.42. The standard InChI is InChI=1S/C13H24N2S/c1-4-6-11(3)9-14-8-7-13-15-10-12(5-2)16-13/h10-11,14H,4-9H2,1-3H3. The Labute approximate surface area is 103 Å². The van der Waals surface area contributed by atoms with E-state index in [9.17, 15) is 0 Å². The van der Waals surface area contributed by atoms with Crippen molar-refractivity contribution < 1.29 is 0 Å². The number of hydrogen-bond donors (Lipinski definition) is 1. The molecule has 0 bridgehead atoms. The number of rotatable bonds is 8.